The second-order valence-corrected chi connectivity index (χ2v) is 6.71. The van der Waals surface area contributed by atoms with Crippen molar-refractivity contribution in [3.8, 4) is 0 Å². The van der Waals surface area contributed by atoms with E-state index in [2.05, 4.69) is 22.4 Å². The molecule has 3 atom stereocenters. The highest BCUT2D eigenvalue weighted by Crippen LogP contribution is 2.48. The number of nitrogens with one attached hydrogen (secondary N) is 1. The zero-order valence-corrected chi connectivity index (χ0v) is 12.6. The first-order chi connectivity index (χ1) is 10.8. The van der Waals surface area contributed by atoms with E-state index in [4.69, 9.17) is 0 Å². The molecule has 4 nitrogen and oxygen atoms in total. The van der Waals surface area contributed by atoms with Gasteiger partial charge < -0.3 is 9.88 Å². The van der Waals surface area contributed by atoms with E-state index in [1.165, 1.54) is 24.8 Å². The Balaban J connectivity index is 1.43. The summed E-state index contributed by atoms with van der Waals surface area (Å²) in [7, 11) is 0. The predicted molar refractivity (Wildman–Crippen MR) is 85.3 cm³/mol. The van der Waals surface area contributed by atoms with Crippen molar-refractivity contribution in [1.29, 1.82) is 0 Å². The molecule has 2 bridgehead atoms. The minimum Gasteiger partial charge on any atom is -0.333 e. The van der Waals surface area contributed by atoms with Crippen LogP contribution in [0.2, 0.25) is 0 Å². The van der Waals surface area contributed by atoms with Crippen LogP contribution in [0.1, 0.15) is 31.2 Å². The van der Waals surface area contributed by atoms with Crippen LogP contribution in [-0.2, 0) is 11.3 Å². The summed E-state index contributed by atoms with van der Waals surface area (Å²) in [6, 6.07) is 8.11. The maximum Gasteiger partial charge on any atom is 0.227 e. The number of hydrogen-bond acceptors (Lipinski definition) is 2. The third-order valence-corrected chi connectivity index (χ3v) is 5.19. The normalized spacial score (nSPS) is 26.3. The summed E-state index contributed by atoms with van der Waals surface area (Å²) in [5.74, 6) is 1.87. The van der Waals surface area contributed by atoms with Crippen LogP contribution in [0.4, 0.5) is 5.69 Å². The zero-order chi connectivity index (χ0) is 14.9. The Morgan fingerprint density at radius 1 is 1.32 bits per heavy atom. The van der Waals surface area contributed by atoms with Gasteiger partial charge in [-0.15, -0.1) is 0 Å². The average molecular weight is 295 g/mol. The van der Waals surface area contributed by atoms with Crippen LogP contribution in [0.3, 0.4) is 0 Å². The van der Waals surface area contributed by atoms with E-state index in [1.54, 1.807) is 12.5 Å². The van der Waals surface area contributed by atoms with Crippen molar-refractivity contribution in [2.45, 2.75) is 32.2 Å². The van der Waals surface area contributed by atoms with E-state index < -0.39 is 0 Å². The van der Waals surface area contributed by atoms with E-state index in [1.807, 2.05) is 22.9 Å². The average Bonchev–Trinajstić information content (AvgIpc) is 3.25. The number of anilines is 1. The molecule has 3 unspecified atom stereocenters. The van der Waals surface area contributed by atoms with Crippen LogP contribution in [0.15, 0.2) is 43.0 Å². The molecule has 0 aliphatic heterocycles. The Morgan fingerprint density at radius 2 is 2.27 bits per heavy atom. The van der Waals surface area contributed by atoms with Gasteiger partial charge in [-0.3, -0.25) is 4.79 Å². The molecule has 2 aromatic rings. The number of imidazole rings is 1. The van der Waals surface area contributed by atoms with Gasteiger partial charge in [0.1, 0.15) is 0 Å². The molecule has 0 spiro atoms. The monoisotopic (exact) mass is 295 g/mol. The first-order valence-electron chi connectivity index (χ1n) is 8.13. The Morgan fingerprint density at radius 3 is 3.00 bits per heavy atom. The number of aromatic nitrogens is 2. The van der Waals surface area contributed by atoms with Crippen LogP contribution in [0.5, 0.6) is 0 Å². The lowest BCUT2D eigenvalue weighted by atomic mass is 9.88. The molecule has 4 rings (SSSR count). The summed E-state index contributed by atoms with van der Waals surface area (Å²) in [6.07, 6.45) is 10.4. The minimum absolute atomic E-state index is 0.215. The molecule has 114 valence electrons. The van der Waals surface area contributed by atoms with E-state index in [9.17, 15) is 4.79 Å². The third-order valence-electron chi connectivity index (χ3n) is 5.19. The molecular formula is C18H21N3O. The Labute approximate surface area is 130 Å². The van der Waals surface area contributed by atoms with Crippen molar-refractivity contribution in [3.63, 3.8) is 0 Å². The van der Waals surface area contributed by atoms with Gasteiger partial charge in [0.2, 0.25) is 5.91 Å². The lowest BCUT2D eigenvalue weighted by Crippen LogP contribution is -2.27. The lowest BCUT2D eigenvalue weighted by molar-refractivity contribution is -0.121. The first kappa shape index (κ1) is 13.6. The molecule has 2 aliphatic rings. The molecule has 2 saturated carbocycles. The summed E-state index contributed by atoms with van der Waals surface area (Å²) in [4.78, 5) is 16.6. The molecule has 1 aromatic heterocycles. The van der Waals surface area contributed by atoms with Gasteiger partial charge in [0.15, 0.2) is 0 Å². The molecular weight excluding hydrogens is 274 g/mol. The fourth-order valence-electron chi connectivity index (χ4n) is 4.14. The Bertz CT molecular complexity index is 665. The Kier molecular flexibility index (Phi) is 3.45. The highest BCUT2D eigenvalue weighted by molar-refractivity contribution is 5.93. The van der Waals surface area contributed by atoms with E-state index in [-0.39, 0.29) is 11.8 Å². The lowest BCUT2D eigenvalue weighted by Gasteiger charge is -2.21. The highest BCUT2D eigenvalue weighted by Gasteiger charge is 2.42. The van der Waals surface area contributed by atoms with E-state index >= 15 is 0 Å². The van der Waals surface area contributed by atoms with Crippen LogP contribution in [-0.4, -0.2) is 15.5 Å². The summed E-state index contributed by atoms with van der Waals surface area (Å²) < 4.78 is 2.02. The highest BCUT2D eigenvalue weighted by atomic mass is 16.1. The van der Waals surface area contributed by atoms with Gasteiger partial charge in [-0.1, -0.05) is 18.6 Å². The minimum atomic E-state index is 0.215. The van der Waals surface area contributed by atoms with E-state index in [0.717, 1.165) is 24.6 Å². The number of amides is 1. The van der Waals surface area contributed by atoms with Crippen molar-refractivity contribution in [2.24, 2.45) is 17.8 Å². The molecule has 2 aliphatic carbocycles. The Hall–Kier alpha value is -2.10. The fourth-order valence-corrected chi connectivity index (χ4v) is 4.14. The van der Waals surface area contributed by atoms with Crippen molar-refractivity contribution in [3.05, 3.63) is 48.5 Å². The number of fused-ring (bicyclic) bond motifs is 2. The quantitative estimate of drug-likeness (QED) is 0.940. The molecule has 1 N–H and O–H groups in total. The SMILES string of the molecule is O=C(Nc1cccc(Cn2ccnc2)c1)C1CC2CCC1C2. The van der Waals surface area contributed by atoms with Gasteiger partial charge in [-0.2, -0.15) is 0 Å². The van der Waals surface area contributed by atoms with Crippen molar-refractivity contribution in [1.82, 2.24) is 9.55 Å². The number of benzene rings is 1. The van der Waals surface area contributed by atoms with Gasteiger partial charge in [-0.25, -0.2) is 4.98 Å². The first-order valence-corrected chi connectivity index (χ1v) is 8.13. The van der Waals surface area contributed by atoms with Gasteiger partial charge in [0, 0.05) is 30.5 Å². The number of hydrogen-bond donors (Lipinski definition) is 1. The van der Waals surface area contributed by atoms with Crippen LogP contribution in [0, 0.1) is 17.8 Å². The van der Waals surface area contributed by atoms with Gasteiger partial charge in [0.25, 0.3) is 0 Å². The topological polar surface area (TPSA) is 46.9 Å². The van der Waals surface area contributed by atoms with Crippen molar-refractivity contribution in [2.75, 3.05) is 5.32 Å². The maximum absolute atomic E-state index is 12.5. The second-order valence-electron chi connectivity index (χ2n) is 6.71. The predicted octanol–water partition coefficient (Wildman–Crippen LogP) is 3.31. The molecule has 0 radical (unpaired) electrons. The fraction of sp³-hybridized carbons (Fsp3) is 0.444. The molecule has 1 heterocycles. The summed E-state index contributed by atoms with van der Waals surface area (Å²) in [6.45, 7) is 0.776. The molecule has 22 heavy (non-hydrogen) atoms. The third kappa shape index (κ3) is 2.65. The van der Waals surface area contributed by atoms with Crippen LogP contribution < -0.4 is 5.32 Å². The molecule has 1 aromatic carbocycles. The zero-order valence-electron chi connectivity index (χ0n) is 12.6. The van der Waals surface area contributed by atoms with Crippen LogP contribution in [0.25, 0.3) is 0 Å². The van der Waals surface area contributed by atoms with E-state index in [0.29, 0.717) is 5.92 Å². The molecule has 1 amide bonds. The molecule has 2 fully saturated rings. The van der Waals surface area contributed by atoms with Crippen molar-refractivity contribution >= 4 is 11.6 Å². The standard InChI is InChI=1S/C18H21N3O/c22-18(17-10-13-4-5-15(17)8-13)20-16-3-1-2-14(9-16)11-21-7-6-19-12-21/h1-3,6-7,9,12-13,15,17H,4-5,8,10-11H2,(H,20,22). The smallest absolute Gasteiger partial charge is 0.227 e. The largest absolute Gasteiger partial charge is 0.333 e. The second kappa shape index (κ2) is 5.59. The van der Waals surface area contributed by atoms with Crippen LogP contribution >= 0.6 is 0 Å². The number of nitrogens with zero attached hydrogens (tertiary/aromatic N) is 2. The summed E-state index contributed by atoms with van der Waals surface area (Å²) in [5, 5.41) is 3.12. The molecule has 0 saturated heterocycles. The van der Waals surface area contributed by atoms with Gasteiger partial charge >= 0.3 is 0 Å². The summed E-state index contributed by atoms with van der Waals surface area (Å²) >= 11 is 0. The molecule has 4 heteroatoms. The van der Waals surface area contributed by atoms with Gasteiger partial charge in [-0.05, 0) is 48.8 Å². The number of rotatable bonds is 4. The van der Waals surface area contributed by atoms with Crippen molar-refractivity contribution < 1.29 is 4.79 Å². The number of carbonyl (C=O) groups excluding carboxylic acids is 1. The maximum atomic E-state index is 12.5. The number of carbonyl (C=O) groups is 1. The summed E-state index contributed by atoms with van der Waals surface area (Å²) in [5.41, 5.74) is 2.08. The van der Waals surface area contributed by atoms with Gasteiger partial charge in [0.05, 0.1) is 6.33 Å².